The number of phenols is 1. The molecule has 0 saturated carbocycles. The van der Waals surface area contributed by atoms with Gasteiger partial charge < -0.3 is 9.84 Å². The molecular weight excluding hydrogens is 484 g/mol. The quantitative estimate of drug-likeness (QED) is 0.353. The topological polar surface area (TPSA) is 80.7 Å². The monoisotopic (exact) mass is 520 g/mol. The largest absolute Gasteiger partial charge is 0.507 e. The Morgan fingerprint density at radius 3 is 1.92 bits per heavy atom. The van der Waals surface area contributed by atoms with Crippen LogP contribution in [0.25, 0.3) is 0 Å². The van der Waals surface area contributed by atoms with Crippen LogP contribution in [0.1, 0.15) is 83.1 Å². The zero-order chi connectivity index (χ0) is 26.8. The maximum Gasteiger partial charge on any atom is 0.165 e. The molecule has 1 aliphatic heterocycles. The molecule has 1 saturated heterocycles. The van der Waals surface area contributed by atoms with Crippen LogP contribution in [0.2, 0.25) is 0 Å². The Balaban J connectivity index is 1.51. The normalized spacial score (nSPS) is 21.5. The van der Waals surface area contributed by atoms with E-state index in [-0.39, 0.29) is 36.1 Å². The lowest BCUT2D eigenvalue weighted by atomic mass is 9.83. The van der Waals surface area contributed by atoms with Crippen LogP contribution in [-0.4, -0.2) is 32.0 Å². The second-order valence-electron chi connectivity index (χ2n) is 11.0. The minimum atomic E-state index is -3.49. The lowest BCUT2D eigenvalue weighted by Crippen LogP contribution is -2.34. The molecule has 1 aliphatic rings. The van der Waals surface area contributed by atoms with Gasteiger partial charge >= 0.3 is 0 Å². The van der Waals surface area contributed by atoms with Crippen molar-refractivity contribution in [2.24, 2.45) is 0 Å². The fourth-order valence-corrected chi connectivity index (χ4v) is 7.57. The number of phenolic OH excluding ortho intramolecular Hbond substituents is 1. The van der Waals surface area contributed by atoms with E-state index in [0.29, 0.717) is 24.0 Å². The molecule has 196 valence electrons. The van der Waals surface area contributed by atoms with Gasteiger partial charge in [-0.2, -0.15) is 0 Å². The minimum absolute atomic E-state index is 0.0590. The number of aromatic hydroxyl groups is 1. The highest BCUT2D eigenvalue weighted by molar-refractivity contribution is 7.92. The first-order valence-corrected chi connectivity index (χ1v) is 14.4. The van der Waals surface area contributed by atoms with Gasteiger partial charge in [-0.1, -0.05) is 81.4 Å². The summed E-state index contributed by atoms with van der Waals surface area (Å²) in [4.78, 5) is 13.0. The molecule has 1 N–H and O–H groups in total. The molecule has 2 atom stereocenters. The molecule has 6 heteroatoms. The van der Waals surface area contributed by atoms with Crippen LogP contribution in [0.15, 0.2) is 72.8 Å². The number of sulfone groups is 1. The van der Waals surface area contributed by atoms with Crippen molar-refractivity contribution < 1.29 is 23.1 Å². The number of aryl methyl sites for hydroxylation is 1. The van der Waals surface area contributed by atoms with Gasteiger partial charge in [0.05, 0.1) is 23.2 Å². The van der Waals surface area contributed by atoms with E-state index in [1.807, 2.05) is 81.4 Å². The van der Waals surface area contributed by atoms with Gasteiger partial charge in [0.2, 0.25) is 0 Å². The molecule has 0 amide bonds. The molecule has 1 heterocycles. The first-order valence-electron chi connectivity index (χ1n) is 12.8. The number of Topliss-reactive ketones (excluding diaryl/α,β-unsaturated/α-hetero) is 1. The van der Waals surface area contributed by atoms with Gasteiger partial charge in [-0.05, 0) is 54.0 Å². The lowest BCUT2D eigenvalue weighted by molar-refractivity contribution is 0.0340. The second kappa shape index (κ2) is 10.8. The summed E-state index contributed by atoms with van der Waals surface area (Å²) in [6.45, 7) is 8.01. The van der Waals surface area contributed by atoms with Crippen molar-refractivity contribution in [3.8, 4) is 5.75 Å². The Kier molecular flexibility index (Phi) is 7.91. The molecule has 0 aliphatic carbocycles. The zero-order valence-electron chi connectivity index (χ0n) is 22.0. The van der Waals surface area contributed by atoms with Crippen LogP contribution >= 0.6 is 0 Å². The van der Waals surface area contributed by atoms with E-state index in [9.17, 15) is 18.3 Å². The summed E-state index contributed by atoms with van der Waals surface area (Å²) >= 11 is 0. The number of benzene rings is 3. The van der Waals surface area contributed by atoms with Gasteiger partial charge in [-0.25, -0.2) is 8.42 Å². The Morgan fingerprint density at radius 2 is 1.43 bits per heavy atom. The Hall–Kier alpha value is -2.96. The second-order valence-corrected chi connectivity index (χ2v) is 13.3. The van der Waals surface area contributed by atoms with Crippen molar-refractivity contribution in [3.63, 3.8) is 0 Å². The third-order valence-electron chi connectivity index (χ3n) is 7.20. The Morgan fingerprint density at radius 1 is 0.919 bits per heavy atom. The number of carbonyl (C=O) groups excluding carboxylic acids is 1. The molecule has 4 rings (SSSR count). The van der Waals surface area contributed by atoms with E-state index in [2.05, 4.69) is 0 Å². The van der Waals surface area contributed by atoms with Crippen LogP contribution in [0, 0.1) is 6.92 Å². The average molecular weight is 521 g/mol. The van der Waals surface area contributed by atoms with Gasteiger partial charge in [0.25, 0.3) is 0 Å². The van der Waals surface area contributed by atoms with Crippen molar-refractivity contribution in [2.45, 2.75) is 69.0 Å². The van der Waals surface area contributed by atoms with Crippen molar-refractivity contribution in [1.82, 2.24) is 0 Å². The van der Waals surface area contributed by atoms with Crippen LogP contribution in [0.3, 0.4) is 0 Å². The maximum absolute atomic E-state index is 13.7. The first kappa shape index (κ1) is 27.1. The van der Waals surface area contributed by atoms with Crippen molar-refractivity contribution in [2.75, 3.05) is 6.61 Å². The molecule has 37 heavy (non-hydrogen) atoms. The van der Waals surface area contributed by atoms with Crippen LogP contribution in [0.5, 0.6) is 5.75 Å². The van der Waals surface area contributed by atoms with E-state index >= 15 is 0 Å². The molecule has 0 radical (unpaired) electrons. The van der Waals surface area contributed by atoms with Crippen molar-refractivity contribution in [1.29, 1.82) is 0 Å². The Labute approximate surface area is 220 Å². The predicted molar refractivity (Wildman–Crippen MR) is 147 cm³/mol. The molecule has 2 unspecified atom stereocenters. The molecule has 1 fully saturated rings. The van der Waals surface area contributed by atoms with E-state index in [0.717, 1.165) is 16.7 Å². The molecule has 0 bridgehead atoms. The van der Waals surface area contributed by atoms with E-state index < -0.39 is 20.3 Å². The Bertz CT molecular complexity index is 1290. The lowest BCUT2D eigenvalue weighted by Gasteiger charge is -2.35. The number of rotatable bonds is 7. The highest BCUT2D eigenvalue weighted by Gasteiger charge is 2.43. The number of hydrogen-bond acceptors (Lipinski definition) is 5. The van der Waals surface area contributed by atoms with Gasteiger partial charge in [-0.3, -0.25) is 4.79 Å². The van der Waals surface area contributed by atoms with Crippen LogP contribution < -0.4 is 0 Å². The first-order chi connectivity index (χ1) is 17.5. The van der Waals surface area contributed by atoms with Gasteiger partial charge in [0.15, 0.2) is 15.6 Å². The minimum Gasteiger partial charge on any atom is -0.507 e. The molecule has 5 nitrogen and oxygen atoms in total. The summed E-state index contributed by atoms with van der Waals surface area (Å²) in [7, 11) is -3.49. The summed E-state index contributed by atoms with van der Waals surface area (Å²) in [6.07, 6.45) is 0.605. The smallest absolute Gasteiger partial charge is 0.165 e. The number of hydrogen-bond donors (Lipinski definition) is 1. The van der Waals surface area contributed by atoms with Crippen LogP contribution in [0.4, 0.5) is 0 Å². The van der Waals surface area contributed by atoms with E-state index in [1.165, 1.54) is 0 Å². The SMILES string of the molecule is Cc1cc(C(=O)CCOC2CC(c3ccccc3)S(=O)(=O)C(c3ccccc3)C2)cc(C(C)(C)C)c1O. The van der Waals surface area contributed by atoms with Crippen LogP contribution in [-0.2, 0) is 20.0 Å². The molecule has 3 aromatic rings. The average Bonchev–Trinajstić information content (AvgIpc) is 2.86. The third-order valence-corrected chi connectivity index (χ3v) is 9.72. The highest BCUT2D eigenvalue weighted by Crippen LogP contribution is 2.45. The number of ether oxygens (including phenoxy) is 1. The summed E-state index contributed by atoms with van der Waals surface area (Å²) in [5, 5.41) is 9.15. The zero-order valence-corrected chi connectivity index (χ0v) is 22.8. The number of carbonyl (C=O) groups is 1. The summed E-state index contributed by atoms with van der Waals surface area (Å²) in [6, 6.07) is 22.1. The van der Waals surface area contributed by atoms with Gasteiger partial charge in [-0.15, -0.1) is 0 Å². The fourth-order valence-electron chi connectivity index (χ4n) is 5.14. The van der Waals surface area contributed by atoms with Crippen molar-refractivity contribution in [3.05, 3.63) is 101 Å². The van der Waals surface area contributed by atoms with E-state index in [4.69, 9.17) is 4.74 Å². The summed E-state index contributed by atoms with van der Waals surface area (Å²) in [5.41, 5.74) is 3.20. The fraction of sp³-hybridized carbons (Fsp3) is 0.387. The maximum atomic E-state index is 13.7. The van der Waals surface area contributed by atoms with E-state index in [1.54, 1.807) is 19.1 Å². The number of ketones is 1. The van der Waals surface area contributed by atoms with Gasteiger partial charge in [0.1, 0.15) is 5.75 Å². The molecule has 3 aromatic carbocycles. The highest BCUT2D eigenvalue weighted by atomic mass is 32.2. The summed E-state index contributed by atoms with van der Waals surface area (Å²) in [5.74, 6) is 0.166. The summed E-state index contributed by atoms with van der Waals surface area (Å²) < 4.78 is 33.5. The van der Waals surface area contributed by atoms with Crippen molar-refractivity contribution >= 4 is 15.6 Å². The molecule has 0 aromatic heterocycles. The third kappa shape index (κ3) is 5.97. The van der Waals surface area contributed by atoms with Gasteiger partial charge in [0, 0.05) is 17.5 Å². The standard InChI is InChI=1S/C31H36O5S/c1-21-17-24(18-26(30(21)33)31(2,3)4)27(32)15-16-36-25-19-28(22-11-7-5-8-12-22)37(34,35)29(20-25)23-13-9-6-10-14-23/h5-14,17-18,25,28-29,33H,15-16,19-20H2,1-4H3. The predicted octanol–water partition coefficient (Wildman–Crippen LogP) is 6.65. The molecular formula is C31H36O5S. The molecule has 0 spiro atoms.